The van der Waals surface area contributed by atoms with Crippen LogP contribution in [0.4, 0.5) is 0 Å². The molecule has 9 rings (SSSR count). The molecule has 3 aromatic heterocycles. The third kappa shape index (κ3) is 3.36. The Morgan fingerprint density at radius 3 is 2.15 bits per heavy atom. The van der Waals surface area contributed by atoms with Crippen LogP contribution in [-0.2, 0) is 0 Å². The van der Waals surface area contributed by atoms with E-state index in [-0.39, 0.29) is 0 Å². The van der Waals surface area contributed by atoms with Crippen LogP contribution >= 0.6 is 11.3 Å². The smallest absolute Gasteiger partial charge is 0.0788 e. The van der Waals surface area contributed by atoms with Gasteiger partial charge in [0.15, 0.2) is 0 Å². The average molecular weight is 539 g/mol. The molecule has 41 heavy (non-hydrogen) atoms. The number of pyridine rings is 2. The lowest BCUT2D eigenvalue weighted by Crippen LogP contribution is -1.92. The molecule has 0 saturated carbocycles. The van der Waals surface area contributed by atoms with Crippen LogP contribution < -0.4 is 0 Å². The topological polar surface area (TPSA) is 25.8 Å². The Balaban J connectivity index is 1.30. The first-order valence-electron chi connectivity index (χ1n) is 13.8. The van der Waals surface area contributed by atoms with Crippen molar-refractivity contribution in [2.75, 3.05) is 0 Å². The van der Waals surface area contributed by atoms with E-state index >= 15 is 0 Å². The monoisotopic (exact) mass is 538 g/mol. The van der Waals surface area contributed by atoms with Gasteiger partial charge in [-0.25, -0.2) is 4.98 Å². The van der Waals surface area contributed by atoms with E-state index in [9.17, 15) is 0 Å². The molecule has 6 aromatic carbocycles. The number of benzene rings is 6. The lowest BCUT2D eigenvalue weighted by Gasteiger charge is -2.14. The van der Waals surface area contributed by atoms with Crippen LogP contribution in [0.2, 0.25) is 0 Å². The normalized spacial score (nSPS) is 11.9. The molecule has 0 radical (unpaired) electrons. The molecule has 2 nitrogen and oxygen atoms in total. The fourth-order valence-electron chi connectivity index (χ4n) is 6.44. The Kier molecular flexibility index (Phi) is 4.80. The molecular weight excluding hydrogens is 516 g/mol. The van der Waals surface area contributed by atoms with Gasteiger partial charge in [-0.15, -0.1) is 11.3 Å². The van der Waals surface area contributed by atoms with E-state index in [4.69, 9.17) is 9.97 Å². The summed E-state index contributed by atoms with van der Waals surface area (Å²) in [6, 6.07) is 45.7. The standard InChI is InChI=1S/C38H22N2S/c1-3-11-31-28(8-1)36-30(21-20-24-16-19-25-7-6-22-39-38(25)34(24)36)37(40-31)26-17-14-23(15-18-26)27-10-5-13-33-35(27)29-9-2-4-12-32(29)41-33/h1-22H. The van der Waals surface area contributed by atoms with Gasteiger partial charge in [0.2, 0.25) is 0 Å². The van der Waals surface area contributed by atoms with Crippen molar-refractivity contribution in [1.82, 2.24) is 9.97 Å². The first-order chi connectivity index (χ1) is 20.3. The van der Waals surface area contributed by atoms with Gasteiger partial charge < -0.3 is 0 Å². The number of aromatic nitrogens is 2. The highest BCUT2D eigenvalue weighted by Gasteiger charge is 2.16. The van der Waals surface area contributed by atoms with Crippen molar-refractivity contribution in [3.63, 3.8) is 0 Å². The summed E-state index contributed by atoms with van der Waals surface area (Å²) in [7, 11) is 0. The van der Waals surface area contributed by atoms with Crippen LogP contribution in [0.15, 0.2) is 134 Å². The van der Waals surface area contributed by atoms with Gasteiger partial charge in [0, 0.05) is 58.9 Å². The number of hydrogen-bond acceptors (Lipinski definition) is 3. The van der Waals surface area contributed by atoms with Crippen molar-refractivity contribution in [3.8, 4) is 22.4 Å². The summed E-state index contributed by atoms with van der Waals surface area (Å²) in [4.78, 5) is 10.1. The second-order valence-corrected chi connectivity index (χ2v) is 11.6. The molecule has 0 aliphatic carbocycles. The molecule has 0 N–H and O–H groups in total. The zero-order chi connectivity index (χ0) is 26.9. The number of para-hydroxylation sites is 1. The zero-order valence-corrected chi connectivity index (χ0v) is 22.8. The van der Waals surface area contributed by atoms with Crippen LogP contribution in [0.3, 0.4) is 0 Å². The molecule has 190 valence electrons. The van der Waals surface area contributed by atoms with E-state index in [0.717, 1.165) is 38.4 Å². The second kappa shape index (κ2) is 8.69. The summed E-state index contributed by atoms with van der Waals surface area (Å²) in [5.74, 6) is 0. The largest absolute Gasteiger partial charge is 0.256 e. The lowest BCUT2D eigenvalue weighted by molar-refractivity contribution is 1.42. The summed E-state index contributed by atoms with van der Waals surface area (Å²) < 4.78 is 2.65. The van der Waals surface area contributed by atoms with Gasteiger partial charge in [-0.3, -0.25) is 4.98 Å². The molecule has 0 aliphatic heterocycles. The number of hydrogen-bond donors (Lipinski definition) is 0. The predicted molar refractivity (Wildman–Crippen MR) is 176 cm³/mol. The zero-order valence-electron chi connectivity index (χ0n) is 22.0. The van der Waals surface area contributed by atoms with Crippen LogP contribution in [0, 0.1) is 0 Å². The molecule has 9 aromatic rings. The highest BCUT2D eigenvalue weighted by atomic mass is 32.1. The summed E-state index contributed by atoms with van der Waals surface area (Å²) in [5.41, 5.74) is 6.62. The van der Waals surface area contributed by atoms with Crippen molar-refractivity contribution < 1.29 is 0 Å². The Bertz CT molecular complexity index is 2470. The summed E-state index contributed by atoms with van der Waals surface area (Å²) in [5, 5.41) is 9.70. The Hall–Kier alpha value is -5.12. The number of thiophene rings is 1. The maximum Gasteiger partial charge on any atom is 0.0788 e. The molecule has 3 heteroatoms. The van der Waals surface area contributed by atoms with Crippen LogP contribution in [0.1, 0.15) is 0 Å². The maximum atomic E-state index is 5.23. The Labute approximate surface area is 240 Å². The van der Waals surface area contributed by atoms with Gasteiger partial charge in [0.1, 0.15) is 0 Å². The summed E-state index contributed by atoms with van der Waals surface area (Å²) >= 11 is 1.86. The van der Waals surface area contributed by atoms with E-state index in [1.807, 2.05) is 23.6 Å². The van der Waals surface area contributed by atoms with Crippen LogP contribution in [-0.4, -0.2) is 9.97 Å². The number of fused-ring (bicyclic) bond motifs is 10. The molecule has 0 spiro atoms. The average Bonchev–Trinajstić information content (AvgIpc) is 3.43. The molecule has 0 saturated heterocycles. The molecule has 0 fully saturated rings. The fourth-order valence-corrected chi connectivity index (χ4v) is 7.57. The van der Waals surface area contributed by atoms with Crippen molar-refractivity contribution >= 4 is 74.9 Å². The van der Waals surface area contributed by atoms with E-state index in [0.29, 0.717) is 0 Å². The molecule has 0 bridgehead atoms. The highest BCUT2D eigenvalue weighted by molar-refractivity contribution is 7.25. The first-order valence-corrected chi connectivity index (χ1v) is 14.7. The van der Waals surface area contributed by atoms with Gasteiger partial charge >= 0.3 is 0 Å². The van der Waals surface area contributed by atoms with Crippen molar-refractivity contribution in [3.05, 3.63) is 134 Å². The molecular formula is C38H22N2S. The van der Waals surface area contributed by atoms with E-state index in [1.165, 1.54) is 47.5 Å². The minimum atomic E-state index is 0.994. The van der Waals surface area contributed by atoms with Crippen molar-refractivity contribution in [2.45, 2.75) is 0 Å². The molecule has 3 heterocycles. The maximum absolute atomic E-state index is 5.23. The van der Waals surface area contributed by atoms with Gasteiger partial charge in [-0.1, -0.05) is 103 Å². The third-order valence-electron chi connectivity index (χ3n) is 8.29. The SMILES string of the molecule is c1cnc2c(c1)ccc1ccc3c(-c4ccc(-c5cccc6sc7ccccc7c56)cc4)nc4ccccc4c3c12. The minimum Gasteiger partial charge on any atom is -0.256 e. The molecule has 0 aliphatic rings. The summed E-state index contributed by atoms with van der Waals surface area (Å²) in [6.45, 7) is 0. The third-order valence-corrected chi connectivity index (χ3v) is 9.42. The Morgan fingerprint density at radius 2 is 1.22 bits per heavy atom. The number of rotatable bonds is 2. The van der Waals surface area contributed by atoms with E-state index < -0.39 is 0 Å². The van der Waals surface area contributed by atoms with Crippen LogP contribution in [0.5, 0.6) is 0 Å². The van der Waals surface area contributed by atoms with Crippen molar-refractivity contribution in [1.29, 1.82) is 0 Å². The van der Waals surface area contributed by atoms with Gasteiger partial charge in [0.25, 0.3) is 0 Å². The van der Waals surface area contributed by atoms with Gasteiger partial charge in [-0.05, 0) is 40.8 Å². The van der Waals surface area contributed by atoms with E-state index in [1.54, 1.807) is 0 Å². The first kappa shape index (κ1) is 22.7. The second-order valence-electron chi connectivity index (χ2n) is 10.6. The van der Waals surface area contributed by atoms with E-state index in [2.05, 4.69) is 121 Å². The number of nitrogens with zero attached hydrogens (tertiary/aromatic N) is 2. The quantitative estimate of drug-likeness (QED) is 0.205. The highest BCUT2D eigenvalue weighted by Crippen LogP contribution is 2.42. The predicted octanol–water partition coefficient (Wildman–Crippen LogP) is 10.8. The molecule has 0 unspecified atom stereocenters. The Morgan fingerprint density at radius 1 is 0.463 bits per heavy atom. The van der Waals surface area contributed by atoms with Gasteiger partial charge in [-0.2, -0.15) is 0 Å². The lowest BCUT2D eigenvalue weighted by atomic mass is 9.93. The van der Waals surface area contributed by atoms with Gasteiger partial charge in [0.05, 0.1) is 16.7 Å². The minimum absolute atomic E-state index is 0.994. The van der Waals surface area contributed by atoms with Crippen LogP contribution in [0.25, 0.3) is 85.9 Å². The molecule has 0 amide bonds. The fraction of sp³-hybridized carbons (Fsp3) is 0. The van der Waals surface area contributed by atoms with Crippen molar-refractivity contribution in [2.24, 2.45) is 0 Å². The molecule has 0 atom stereocenters. The summed E-state index contributed by atoms with van der Waals surface area (Å²) in [6.07, 6.45) is 1.89.